The van der Waals surface area contributed by atoms with Gasteiger partial charge in [0.15, 0.2) is 35.4 Å². The highest BCUT2D eigenvalue weighted by Crippen LogP contribution is 2.52. The smallest absolute Gasteiger partial charge is 0.388 e. The minimum atomic E-state index is -5.00. The number of aromatic amines is 2. The summed E-state index contributed by atoms with van der Waals surface area (Å²) in [5.74, 6) is -3.75. The number of nitrogens with one attached hydrogen (secondary N) is 8. The first kappa shape index (κ1) is 97.9. The first-order chi connectivity index (χ1) is 56.7. The van der Waals surface area contributed by atoms with Crippen molar-refractivity contribution in [3.63, 3.8) is 0 Å². The van der Waals surface area contributed by atoms with Gasteiger partial charge in [-0.05, 0) is 37.5 Å². The molecule has 6 aromatic rings. The number of phosphoric acid groups is 2. The van der Waals surface area contributed by atoms with Crippen molar-refractivity contribution in [1.29, 1.82) is 0 Å². The van der Waals surface area contributed by atoms with Crippen molar-refractivity contribution in [3.8, 4) is 0 Å². The largest absolute Gasteiger partial charge is 0.472 e. The van der Waals surface area contributed by atoms with Crippen LogP contribution in [0, 0.1) is 23.7 Å². The third-order valence-corrected chi connectivity index (χ3v) is 23.1. The second-order valence-electron chi connectivity index (χ2n) is 29.1. The van der Waals surface area contributed by atoms with E-state index < -0.39 is 210 Å². The molecule has 52 heteroatoms. The number of aromatic nitrogens is 12. The zero-order valence-corrected chi connectivity index (χ0v) is 70.5. The zero-order valence-electron chi connectivity index (χ0n) is 66.9. The fraction of sp³-hybridized carbons (Fsp3) is 0.618. The van der Waals surface area contributed by atoms with Crippen LogP contribution in [0.1, 0.15) is 107 Å². The van der Waals surface area contributed by atoms with Crippen LogP contribution < -0.4 is 65.9 Å². The van der Waals surface area contributed by atoms with Gasteiger partial charge in [0.05, 0.1) is 88.0 Å². The summed E-state index contributed by atoms with van der Waals surface area (Å²) in [7, 11) is -9.99. The topological polar surface area (TPSA) is 665 Å². The lowest BCUT2D eigenvalue weighted by molar-refractivity contribution is -0.143. The highest BCUT2D eigenvalue weighted by molar-refractivity contribution is 7.81. The Morgan fingerprint density at radius 3 is 1.18 bits per heavy atom. The molecule has 4 aliphatic heterocycles. The van der Waals surface area contributed by atoms with Crippen LogP contribution in [0.2, 0.25) is 0 Å². The molecule has 0 aliphatic carbocycles. The molecule has 4 saturated heterocycles. The Balaban J connectivity index is 0.000000318. The first-order valence-corrected chi connectivity index (χ1v) is 41.4. The molecule has 4 aliphatic rings. The molecule has 10 heterocycles. The van der Waals surface area contributed by atoms with Gasteiger partial charge < -0.3 is 101 Å². The minimum Gasteiger partial charge on any atom is -0.388 e. The van der Waals surface area contributed by atoms with E-state index in [0.29, 0.717) is 22.3 Å². The van der Waals surface area contributed by atoms with Crippen molar-refractivity contribution in [2.45, 2.75) is 179 Å². The monoisotopic (exact) mass is 1770 g/mol. The van der Waals surface area contributed by atoms with Crippen LogP contribution in [0.25, 0.3) is 22.3 Å². The van der Waals surface area contributed by atoms with Gasteiger partial charge in [-0.15, -0.1) is 0 Å². The third-order valence-electron chi connectivity index (χ3n) is 20.5. The number of ether oxygens (including phenoxy) is 6. The molecule has 4 fully saturated rings. The lowest BCUT2D eigenvalue weighted by Crippen LogP contribution is -2.51. The molecule has 16 atom stereocenters. The Morgan fingerprint density at radius 1 is 0.525 bits per heavy atom. The maximum Gasteiger partial charge on any atom is 0.472 e. The van der Waals surface area contributed by atoms with Crippen molar-refractivity contribution >= 4 is 124 Å². The summed E-state index contributed by atoms with van der Waals surface area (Å²) in [4.78, 5) is 189. The molecule has 6 aromatic heterocycles. The SMILES string of the molecule is C=O.C=O.CC(C)C(C)(OC[C@H]1O[C@@H](n2cnc3c(N)ncnc32)C[C@@H]1OP(=O)(O)OC[C@H]1O[C@@H](n2ccc(=O)[nH]c2=O)[C@H](NC(=O)CNC(=O)CNC(=O)CS)[C@@H]1O)C(C)C.CC(C)C(C)(OC[C@H]1O[C@@H](n2cnc3c(N)ncnc32)C[C@@H]1OP(=O)(O)OC[C@H]1O[C@@H](n2ccc(=O)[nH]c2=O)[C@H](NC(=O)CNC(=O)CNC(=O)CS)[C@@H]1O)C(C)C. The number of hydrogen-bond acceptors (Lipinski definition) is 36. The number of phosphoric ester groups is 2. The lowest BCUT2D eigenvalue weighted by atomic mass is 9.82. The van der Waals surface area contributed by atoms with Crippen LogP contribution in [0.15, 0.2) is 69.0 Å². The summed E-state index contributed by atoms with van der Waals surface area (Å²) in [6.45, 7) is 20.4. The highest BCUT2D eigenvalue weighted by atomic mass is 32.1. The number of nitrogens with zero attached hydrogens (tertiary/aromatic N) is 10. The number of hydrogen-bond donors (Lipinski definition) is 16. The van der Waals surface area contributed by atoms with Gasteiger partial charge in [-0.1, -0.05) is 55.4 Å². The van der Waals surface area contributed by atoms with Gasteiger partial charge in [0.25, 0.3) is 11.1 Å². The van der Waals surface area contributed by atoms with Gasteiger partial charge in [-0.3, -0.25) is 84.7 Å². The molecule has 0 aromatic carbocycles. The molecule has 6 amide bonds. The molecular formula is C68H102N20O28P2S2. The first-order valence-electron chi connectivity index (χ1n) is 37.2. The number of imidazole rings is 2. The molecule has 48 nitrogen and oxygen atoms in total. The Hall–Kier alpha value is -9.18. The summed E-state index contributed by atoms with van der Waals surface area (Å²) < 4.78 is 91.5. The second kappa shape index (κ2) is 43.5. The standard InChI is InChI=1S/2C33H49N10O13PS.2CH2O/c2*1-16(2)33(5,17(3)4)52-11-19-18(8-25(54-19)43-15-39-27-29(34)37-14-38-30(27)43)56-57(50,51)53-12-20-28(48)26(31(55-20)42-7-6-21(44)41-32(42)49)40-23(46)10-35-22(45)9-36-24(47)13-58;2*1-2/h2*6-7,14-20,25-26,28,31,48,58H,8-13H2,1-5H3,(H,35,45)(H,36,47)(H,40,46)(H,50,51)(H2,34,37,38)(H,41,44,49);2*1H2/t2*18-,19+,20+,25+,26+,28+,31+;;/m00../s1. The van der Waals surface area contributed by atoms with E-state index in [0.717, 1.165) is 33.7 Å². The van der Waals surface area contributed by atoms with E-state index in [1.54, 1.807) is 9.13 Å². The predicted octanol–water partition coefficient (Wildman–Crippen LogP) is -2.89. The zero-order chi connectivity index (χ0) is 89.1. The van der Waals surface area contributed by atoms with E-state index in [1.807, 2.05) is 92.8 Å². The van der Waals surface area contributed by atoms with Crippen molar-refractivity contribution in [2.24, 2.45) is 23.7 Å². The molecule has 16 N–H and O–H groups in total. The van der Waals surface area contributed by atoms with Crippen LogP contribution >= 0.6 is 40.9 Å². The molecule has 10 rings (SSSR count). The van der Waals surface area contributed by atoms with Gasteiger partial charge in [0.1, 0.15) is 111 Å². The third kappa shape index (κ3) is 25.0. The number of carbonyl (C=O) groups is 8. The molecular weight excluding hydrogens is 1670 g/mol. The average Bonchev–Trinajstić information content (AvgIpc) is 1.65. The quantitative estimate of drug-likeness (QED) is 0.0139. The highest BCUT2D eigenvalue weighted by Gasteiger charge is 2.52. The van der Waals surface area contributed by atoms with Crippen molar-refractivity contribution < 1.29 is 114 Å². The van der Waals surface area contributed by atoms with E-state index in [9.17, 15) is 77.1 Å². The fourth-order valence-corrected chi connectivity index (χ4v) is 15.1. The molecule has 0 radical (unpaired) electrons. The van der Waals surface area contributed by atoms with Crippen molar-refractivity contribution in [1.82, 2.24) is 90.0 Å². The van der Waals surface area contributed by atoms with E-state index in [2.05, 4.69) is 87.1 Å². The number of fused-ring (bicyclic) bond motifs is 2. The Kier molecular flexibility index (Phi) is 35.5. The van der Waals surface area contributed by atoms with E-state index in [-0.39, 0.29) is 72.9 Å². The van der Waals surface area contributed by atoms with Crippen LogP contribution in [0.5, 0.6) is 0 Å². The lowest BCUT2D eigenvalue weighted by Gasteiger charge is -2.39. The van der Waals surface area contributed by atoms with Crippen LogP contribution in [-0.2, 0) is 94.0 Å². The van der Waals surface area contributed by atoms with Crippen molar-refractivity contribution in [2.75, 3.05) is 75.6 Å². The van der Waals surface area contributed by atoms with Crippen molar-refractivity contribution in [3.05, 3.63) is 91.5 Å². The van der Waals surface area contributed by atoms with E-state index in [4.69, 9.17) is 67.6 Å². The Morgan fingerprint density at radius 2 is 0.858 bits per heavy atom. The fourth-order valence-electron chi connectivity index (χ4n) is 12.9. The number of H-pyrrole nitrogens is 2. The van der Waals surface area contributed by atoms with E-state index in [1.165, 1.54) is 25.3 Å². The average molecular weight is 1770 g/mol. The molecule has 0 spiro atoms. The molecule has 2 unspecified atom stereocenters. The number of rotatable bonds is 36. The Labute approximate surface area is 694 Å². The number of nitrogens with two attached hydrogens (primary N) is 2. The number of anilines is 2. The number of carbonyl (C=O) groups excluding carboxylic acids is 8. The van der Waals surface area contributed by atoms with Crippen LogP contribution in [0.4, 0.5) is 11.6 Å². The number of nitrogen functional groups attached to an aromatic ring is 2. The predicted molar refractivity (Wildman–Crippen MR) is 426 cm³/mol. The van der Waals surface area contributed by atoms with Crippen LogP contribution in [-0.4, -0.2) is 263 Å². The van der Waals surface area contributed by atoms with Gasteiger partial charge >= 0.3 is 27.0 Å². The van der Waals surface area contributed by atoms with E-state index >= 15 is 0 Å². The number of amides is 6. The summed E-state index contributed by atoms with van der Waals surface area (Å²) >= 11 is 7.59. The Bertz CT molecular complexity index is 4550. The maximum atomic E-state index is 13.6. The minimum absolute atomic E-state index is 0.0172. The number of aliphatic hydroxyl groups excluding tert-OH is 2. The van der Waals surface area contributed by atoms with Gasteiger partial charge in [0, 0.05) is 37.4 Å². The summed E-state index contributed by atoms with van der Waals surface area (Å²) in [5.41, 5.74) is 8.77. The molecule has 664 valence electrons. The van der Waals surface area contributed by atoms with Gasteiger partial charge in [-0.25, -0.2) is 48.6 Å². The van der Waals surface area contributed by atoms with Crippen LogP contribution in [0.3, 0.4) is 0 Å². The summed E-state index contributed by atoms with van der Waals surface area (Å²) in [6, 6.07) is -0.806. The normalized spacial score (nSPS) is 23.9. The number of aliphatic hydroxyl groups is 2. The second-order valence-corrected chi connectivity index (χ2v) is 32.5. The van der Waals surface area contributed by atoms with Gasteiger partial charge in [-0.2, -0.15) is 25.3 Å². The molecule has 120 heavy (non-hydrogen) atoms. The molecule has 0 bridgehead atoms. The molecule has 0 saturated carbocycles. The summed E-state index contributed by atoms with van der Waals surface area (Å²) in [6.07, 6.45) is -7.10. The summed E-state index contributed by atoms with van der Waals surface area (Å²) in [5, 5.41) is 36.7. The van der Waals surface area contributed by atoms with Gasteiger partial charge in [0.2, 0.25) is 35.4 Å². The number of thiol groups is 2. The maximum absolute atomic E-state index is 13.6.